The molecule has 0 saturated carbocycles. The fourth-order valence-electron chi connectivity index (χ4n) is 1.34. The van der Waals surface area contributed by atoms with Gasteiger partial charge in [-0.25, -0.2) is 4.98 Å². The second-order valence-corrected chi connectivity index (χ2v) is 3.93. The molecule has 0 N–H and O–H groups in total. The highest BCUT2D eigenvalue weighted by Gasteiger charge is 2.22. The third-order valence-electron chi connectivity index (χ3n) is 2.20. The zero-order chi connectivity index (χ0) is 13.1. The zero-order valence-electron chi connectivity index (χ0n) is 9.64. The van der Waals surface area contributed by atoms with Gasteiger partial charge in [0.2, 0.25) is 17.5 Å². The van der Waals surface area contributed by atoms with Gasteiger partial charge in [0, 0.05) is 0 Å². The lowest BCUT2D eigenvalue weighted by molar-refractivity contribution is 0.102. The van der Waals surface area contributed by atoms with E-state index in [-0.39, 0.29) is 23.2 Å². The van der Waals surface area contributed by atoms with E-state index in [0.29, 0.717) is 10.2 Å². The Morgan fingerprint density at radius 3 is 2.72 bits per heavy atom. The number of nitrogens with zero attached hydrogens (tertiary/aromatic N) is 2. The van der Waals surface area contributed by atoms with Crippen molar-refractivity contribution in [2.75, 3.05) is 14.2 Å². The Labute approximate surface area is 111 Å². The number of hydrogen-bond donors (Lipinski definition) is 0. The van der Waals surface area contributed by atoms with Gasteiger partial charge in [0.15, 0.2) is 10.4 Å². The molecule has 0 saturated heterocycles. The summed E-state index contributed by atoms with van der Waals surface area (Å²) in [6, 6.07) is 1.54. The molecule has 0 aliphatic heterocycles. The maximum absolute atomic E-state index is 12.2. The molecule has 2 rings (SSSR count). The zero-order valence-corrected chi connectivity index (χ0v) is 11.2. The first-order valence-electron chi connectivity index (χ1n) is 4.90. The number of rotatable bonds is 4. The molecule has 18 heavy (non-hydrogen) atoms. The molecule has 2 aromatic rings. The molecule has 0 bridgehead atoms. The van der Waals surface area contributed by atoms with Crippen LogP contribution in [0, 0.1) is 0 Å². The summed E-state index contributed by atoms with van der Waals surface area (Å²) < 4.78 is 15.3. The van der Waals surface area contributed by atoms with Crippen LogP contribution in [0.5, 0.6) is 11.8 Å². The third kappa shape index (κ3) is 2.21. The standard InChI is InChI=1S/C11H9BrN2O4/c1-16-7-5-13-8(11(14-7)17-2)9(15)6-3-4-18-10(6)12/h3-5H,1-2H3. The minimum absolute atomic E-state index is 0.0976. The molecule has 2 heterocycles. The van der Waals surface area contributed by atoms with Crippen LogP contribution in [0.2, 0.25) is 0 Å². The quantitative estimate of drug-likeness (QED) is 0.805. The van der Waals surface area contributed by atoms with Gasteiger partial charge in [0.25, 0.3) is 0 Å². The molecule has 0 amide bonds. The van der Waals surface area contributed by atoms with Crippen molar-refractivity contribution in [1.29, 1.82) is 0 Å². The van der Waals surface area contributed by atoms with Crippen LogP contribution in [-0.4, -0.2) is 30.0 Å². The van der Waals surface area contributed by atoms with Gasteiger partial charge >= 0.3 is 0 Å². The predicted molar refractivity (Wildman–Crippen MR) is 65.0 cm³/mol. The van der Waals surface area contributed by atoms with Crippen LogP contribution in [-0.2, 0) is 0 Å². The summed E-state index contributed by atoms with van der Waals surface area (Å²) in [6.45, 7) is 0. The van der Waals surface area contributed by atoms with Crippen molar-refractivity contribution < 1.29 is 18.7 Å². The Bertz CT molecular complexity index is 582. The van der Waals surface area contributed by atoms with Crippen LogP contribution in [0.15, 0.2) is 27.6 Å². The first kappa shape index (κ1) is 12.6. The highest BCUT2D eigenvalue weighted by Crippen LogP contribution is 2.24. The smallest absolute Gasteiger partial charge is 0.247 e. The van der Waals surface area contributed by atoms with E-state index >= 15 is 0 Å². The minimum atomic E-state index is -0.345. The molecule has 0 spiro atoms. The minimum Gasteiger partial charge on any atom is -0.480 e. The second kappa shape index (κ2) is 5.18. The van der Waals surface area contributed by atoms with Crippen molar-refractivity contribution >= 4 is 21.7 Å². The third-order valence-corrected chi connectivity index (χ3v) is 2.81. The van der Waals surface area contributed by atoms with Crippen molar-refractivity contribution in [3.05, 3.63) is 34.5 Å². The number of halogens is 1. The monoisotopic (exact) mass is 312 g/mol. The van der Waals surface area contributed by atoms with E-state index < -0.39 is 0 Å². The summed E-state index contributed by atoms with van der Waals surface area (Å²) in [6.07, 6.45) is 2.75. The summed E-state index contributed by atoms with van der Waals surface area (Å²) >= 11 is 3.14. The van der Waals surface area contributed by atoms with E-state index in [1.807, 2.05) is 0 Å². The molecule has 0 unspecified atom stereocenters. The van der Waals surface area contributed by atoms with Gasteiger partial charge in [-0.05, 0) is 22.0 Å². The SMILES string of the molecule is COc1cnc(C(=O)c2ccoc2Br)c(OC)n1. The Morgan fingerprint density at radius 1 is 1.39 bits per heavy atom. The van der Waals surface area contributed by atoms with Crippen molar-refractivity contribution in [2.24, 2.45) is 0 Å². The highest BCUT2D eigenvalue weighted by atomic mass is 79.9. The van der Waals surface area contributed by atoms with Crippen LogP contribution >= 0.6 is 15.9 Å². The average Bonchev–Trinajstić information content (AvgIpc) is 2.83. The van der Waals surface area contributed by atoms with E-state index in [1.54, 1.807) is 0 Å². The fourth-order valence-corrected chi connectivity index (χ4v) is 1.76. The van der Waals surface area contributed by atoms with Crippen molar-refractivity contribution in [3.63, 3.8) is 0 Å². The summed E-state index contributed by atoms with van der Waals surface area (Å²) in [4.78, 5) is 20.2. The molecule has 0 aromatic carbocycles. The number of hydrogen-bond acceptors (Lipinski definition) is 6. The number of aromatic nitrogens is 2. The number of methoxy groups -OCH3 is 2. The van der Waals surface area contributed by atoms with Crippen LogP contribution < -0.4 is 9.47 Å². The van der Waals surface area contributed by atoms with E-state index in [2.05, 4.69) is 25.9 Å². The van der Waals surface area contributed by atoms with Gasteiger partial charge in [-0.1, -0.05) is 0 Å². The first-order valence-corrected chi connectivity index (χ1v) is 5.69. The van der Waals surface area contributed by atoms with E-state index in [1.165, 1.54) is 32.7 Å². The van der Waals surface area contributed by atoms with Gasteiger partial charge < -0.3 is 13.9 Å². The lowest BCUT2D eigenvalue weighted by atomic mass is 10.1. The van der Waals surface area contributed by atoms with Gasteiger partial charge in [-0.15, -0.1) is 0 Å². The summed E-state index contributed by atoms with van der Waals surface area (Å²) in [5.41, 5.74) is 0.452. The van der Waals surface area contributed by atoms with E-state index in [4.69, 9.17) is 13.9 Å². The Kier molecular flexibility index (Phi) is 3.61. The Morgan fingerprint density at radius 2 is 2.17 bits per heavy atom. The molecule has 0 radical (unpaired) electrons. The summed E-state index contributed by atoms with van der Waals surface area (Å²) in [5.74, 6) is 0.0322. The topological polar surface area (TPSA) is 74.5 Å². The molecule has 7 heteroatoms. The first-order chi connectivity index (χ1) is 8.67. The molecule has 0 fully saturated rings. The number of carbonyl (C=O) groups excluding carboxylic acids is 1. The lowest BCUT2D eigenvalue weighted by Crippen LogP contribution is -2.08. The van der Waals surface area contributed by atoms with Gasteiger partial charge in [-0.2, -0.15) is 4.98 Å². The van der Waals surface area contributed by atoms with Crippen LogP contribution in [0.4, 0.5) is 0 Å². The van der Waals surface area contributed by atoms with Crippen LogP contribution in [0.1, 0.15) is 16.1 Å². The molecule has 2 aromatic heterocycles. The molecule has 0 aliphatic carbocycles. The van der Waals surface area contributed by atoms with Crippen LogP contribution in [0.3, 0.4) is 0 Å². The number of carbonyl (C=O) groups is 1. The maximum Gasteiger partial charge on any atom is 0.247 e. The average molecular weight is 313 g/mol. The number of ether oxygens (including phenoxy) is 2. The van der Waals surface area contributed by atoms with Gasteiger partial charge in [0.05, 0.1) is 32.2 Å². The molecule has 0 aliphatic rings. The molecular weight excluding hydrogens is 304 g/mol. The summed E-state index contributed by atoms with van der Waals surface area (Å²) in [5, 5.41) is 0. The van der Waals surface area contributed by atoms with Crippen molar-refractivity contribution in [3.8, 4) is 11.8 Å². The number of ketones is 1. The van der Waals surface area contributed by atoms with Crippen molar-refractivity contribution in [2.45, 2.75) is 0 Å². The number of furan rings is 1. The second-order valence-electron chi connectivity index (χ2n) is 3.21. The van der Waals surface area contributed by atoms with Gasteiger partial charge in [-0.3, -0.25) is 4.79 Å². The fraction of sp³-hybridized carbons (Fsp3) is 0.182. The largest absolute Gasteiger partial charge is 0.480 e. The Balaban J connectivity index is 2.45. The van der Waals surface area contributed by atoms with E-state index in [9.17, 15) is 4.79 Å². The Hall–Kier alpha value is -1.89. The summed E-state index contributed by atoms with van der Waals surface area (Å²) in [7, 11) is 2.86. The lowest BCUT2D eigenvalue weighted by Gasteiger charge is -2.06. The molecule has 0 atom stereocenters. The molecule has 94 valence electrons. The van der Waals surface area contributed by atoms with Crippen molar-refractivity contribution in [1.82, 2.24) is 9.97 Å². The molecular formula is C11H9BrN2O4. The van der Waals surface area contributed by atoms with Gasteiger partial charge in [0.1, 0.15) is 0 Å². The van der Waals surface area contributed by atoms with E-state index in [0.717, 1.165) is 0 Å². The maximum atomic E-state index is 12.2. The normalized spacial score (nSPS) is 10.2. The predicted octanol–water partition coefficient (Wildman–Crippen LogP) is 2.08. The highest BCUT2D eigenvalue weighted by molar-refractivity contribution is 9.10. The molecule has 6 nitrogen and oxygen atoms in total. The van der Waals surface area contributed by atoms with Crippen LogP contribution in [0.25, 0.3) is 0 Å².